The highest BCUT2D eigenvalue weighted by atomic mass is 32.1. The van der Waals surface area contributed by atoms with Crippen molar-refractivity contribution in [3.8, 4) is 0 Å². The Morgan fingerprint density at radius 2 is 2.37 bits per heavy atom. The molecule has 1 aromatic rings. The van der Waals surface area contributed by atoms with E-state index in [0.717, 1.165) is 11.4 Å². The predicted molar refractivity (Wildman–Crippen MR) is 75.2 cm³/mol. The largest absolute Gasteiger partial charge is 0.388 e. The molecule has 0 spiro atoms. The van der Waals surface area contributed by atoms with Crippen LogP contribution >= 0.6 is 11.3 Å². The number of nitrogens with one attached hydrogen (secondary N) is 1. The van der Waals surface area contributed by atoms with Gasteiger partial charge in [-0.2, -0.15) is 0 Å². The Kier molecular flexibility index (Phi) is 5.90. The number of methoxy groups -OCH3 is 1. The van der Waals surface area contributed by atoms with Crippen LogP contribution in [0.4, 0.5) is 0 Å². The normalized spacial score (nSPS) is 15.8. The second kappa shape index (κ2) is 6.98. The van der Waals surface area contributed by atoms with E-state index < -0.39 is 5.60 Å². The van der Waals surface area contributed by atoms with Crippen LogP contribution in [-0.4, -0.2) is 35.3 Å². The molecule has 2 atom stereocenters. The standard InChI is InChI=1S/C13H22N2O3S/c1-5-9(2)13(3,17)8-14-12(16)10-7-19-11(15-10)6-18-4/h7,9,17H,5-6,8H2,1-4H3,(H,14,16). The third kappa shape index (κ3) is 4.56. The number of hydrogen-bond donors (Lipinski definition) is 2. The van der Waals surface area contributed by atoms with Crippen LogP contribution in [0.2, 0.25) is 0 Å². The highest BCUT2D eigenvalue weighted by Crippen LogP contribution is 2.19. The lowest BCUT2D eigenvalue weighted by Gasteiger charge is -2.29. The Morgan fingerprint density at radius 3 is 2.95 bits per heavy atom. The van der Waals surface area contributed by atoms with Gasteiger partial charge in [0, 0.05) is 19.0 Å². The van der Waals surface area contributed by atoms with Gasteiger partial charge in [-0.25, -0.2) is 4.98 Å². The zero-order valence-electron chi connectivity index (χ0n) is 11.9. The minimum Gasteiger partial charge on any atom is -0.388 e. The van der Waals surface area contributed by atoms with Crippen LogP contribution < -0.4 is 5.32 Å². The summed E-state index contributed by atoms with van der Waals surface area (Å²) in [6, 6.07) is 0. The Bertz CT molecular complexity index is 418. The van der Waals surface area contributed by atoms with Gasteiger partial charge in [-0.05, 0) is 12.8 Å². The highest BCUT2D eigenvalue weighted by Gasteiger charge is 2.27. The Hall–Kier alpha value is -0.980. The van der Waals surface area contributed by atoms with E-state index in [9.17, 15) is 9.90 Å². The molecular formula is C13H22N2O3S. The molecule has 1 heterocycles. The molecule has 0 aliphatic rings. The molecule has 19 heavy (non-hydrogen) atoms. The minimum absolute atomic E-state index is 0.118. The van der Waals surface area contributed by atoms with Crippen molar-refractivity contribution in [2.24, 2.45) is 5.92 Å². The summed E-state index contributed by atoms with van der Waals surface area (Å²) in [4.78, 5) is 16.1. The molecule has 1 rings (SSSR count). The van der Waals surface area contributed by atoms with Gasteiger partial charge in [-0.15, -0.1) is 11.3 Å². The molecule has 5 nitrogen and oxygen atoms in total. The van der Waals surface area contributed by atoms with Crippen molar-refractivity contribution in [3.63, 3.8) is 0 Å². The fraction of sp³-hybridized carbons (Fsp3) is 0.692. The lowest BCUT2D eigenvalue weighted by molar-refractivity contribution is 0.00588. The number of rotatable bonds is 7. The summed E-state index contributed by atoms with van der Waals surface area (Å²) in [6.07, 6.45) is 0.859. The zero-order valence-corrected chi connectivity index (χ0v) is 12.7. The third-order valence-corrected chi connectivity index (χ3v) is 4.16. The van der Waals surface area contributed by atoms with Crippen molar-refractivity contribution in [3.05, 3.63) is 16.1 Å². The van der Waals surface area contributed by atoms with Gasteiger partial charge in [0.05, 0.1) is 12.2 Å². The van der Waals surface area contributed by atoms with E-state index in [2.05, 4.69) is 10.3 Å². The molecule has 1 amide bonds. The van der Waals surface area contributed by atoms with Gasteiger partial charge in [-0.1, -0.05) is 20.3 Å². The first-order valence-electron chi connectivity index (χ1n) is 6.34. The van der Waals surface area contributed by atoms with E-state index >= 15 is 0 Å². The molecule has 0 saturated heterocycles. The summed E-state index contributed by atoms with van der Waals surface area (Å²) < 4.78 is 4.96. The number of thiazole rings is 1. The first-order chi connectivity index (χ1) is 8.90. The number of nitrogens with zero attached hydrogens (tertiary/aromatic N) is 1. The van der Waals surface area contributed by atoms with Crippen LogP contribution in [0.1, 0.15) is 42.7 Å². The van der Waals surface area contributed by atoms with Crippen molar-refractivity contribution in [2.45, 2.75) is 39.4 Å². The molecule has 108 valence electrons. The molecule has 0 saturated carbocycles. The number of amides is 1. The second-order valence-corrected chi connectivity index (χ2v) is 5.85. The molecule has 0 bridgehead atoms. The Morgan fingerprint density at radius 1 is 1.68 bits per heavy atom. The van der Waals surface area contributed by atoms with E-state index in [4.69, 9.17) is 4.74 Å². The summed E-state index contributed by atoms with van der Waals surface area (Å²) in [5.41, 5.74) is -0.535. The molecule has 0 radical (unpaired) electrons. The summed E-state index contributed by atoms with van der Waals surface area (Å²) in [5.74, 6) is -0.144. The van der Waals surface area contributed by atoms with Crippen LogP contribution in [-0.2, 0) is 11.3 Å². The van der Waals surface area contributed by atoms with Crippen molar-refractivity contribution < 1.29 is 14.6 Å². The minimum atomic E-state index is -0.907. The quantitative estimate of drug-likeness (QED) is 0.802. The van der Waals surface area contributed by atoms with E-state index in [1.807, 2.05) is 13.8 Å². The SMILES string of the molecule is CCC(C)C(C)(O)CNC(=O)c1csc(COC)n1. The maximum Gasteiger partial charge on any atom is 0.270 e. The van der Waals surface area contributed by atoms with Crippen molar-refractivity contribution in [1.29, 1.82) is 0 Å². The van der Waals surface area contributed by atoms with Crippen LogP contribution in [0.15, 0.2) is 5.38 Å². The molecule has 0 fully saturated rings. The Balaban J connectivity index is 2.55. The average molecular weight is 286 g/mol. The monoisotopic (exact) mass is 286 g/mol. The molecule has 0 aliphatic heterocycles. The first kappa shape index (κ1) is 16.1. The summed E-state index contributed by atoms with van der Waals surface area (Å²) in [5, 5.41) is 15.4. The number of carbonyl (C=O) groups is 1. The first-order valence-corrected chi connectivity index (χ1v) is 7.22. The topological polar surface area (TPSA) is 71.5 Å². The number of hydrogen-bond acceptors (Lipinski definition) is 5. The second-order valence-electron chi connectivity index (χ2n) is 4.91. The summed E-state index contributed by atoms with van der Waals surface area (Å²) in [7, 11) is 1.59. The maximum atomic E-state index is 11.9. The smallest absolute Gasteiger partial charge is 0.270 e. The molecule has 1 aromatic heterocycles. The number of ether oxygens (including phenoxy) is 1. The van der Waals surface area contributed by atoms with Crippen LogP contribution in [0.5, 0.6) is 0 Å². The van der Waals surface area contributed by atoms with Crippen LogP contribution in [0.25, 0.3) is 0 Å². The summed E-state index contributed by atoms with van der Waals surface area (Å²) in [6.45, 7) is 6.34. The van der Waals surface area contributed by atoms with Crippen LogP contribution in [0, 0.1) is 5.92 Å². The van der Waals surface area contributed by atoms with Gasteiger partial charge in [-0.3, -0.25) is 4.79 Å². The lowest BCUT2D eigenvalue weighted by Crippen LogP contribution is -2.45. The fourth-order valence-electron chi connectivity index (χ4n) is 1.57. The van der Waals surface area contributed by atoms with Gasteiger partial charge in [0.15, 0.2) is 0 Å². The number of aromatic nitrogens is 1. The molecule has 6 heteroatoms. The van der Waals surface area contributed by atoms with Crippen molar-refractivity contribution >= 4 is 17.2 Å². The number of aliphatic hydroxyl groups is 1. The van der Waals surface area contributed by atoms with E-state index in [0.29, 0.717) is 12.3 Å². The van der Waals surface area contributed by atoms with Crippen molar-refractivity contribution in [2.75, 3.05) is 13.7 Å². The van der Waals surface area contributed by atoms with Gasteiger partial charge in [0.25, 0.3) is 5.91 Å². The van der Waals surface area contributed by atoms with E-state index in [1.165, 1.54) is 11.3 Å². The number of carbonyl (C=O) groups excluding carboxylic acids is 1. The van der Waals surface area contributed by atoms with Gasteiger partial charge >= 0.3 is 0 Å². The molecule has 2 unspecified atom stereocenters. The van der Waals surface area contributed by atoms with Gasteiger partial charge < -0.3 is 15.2 Å². The lowest BCUT2D eigenvalue weighted by atomic mass is 9.88. The predicted octanol–water partition coefficient (Wildman–Crippen LogP) is 1.82. The molecule has 2 N–H and O–H groups in total. The molecular weight excluding hydrogens is 264 g/mol. The molecule has 0 aliphatic carbocycles. The maximum absolute atomic E-state index is 11.9. The zero-order chi connectivity index (χ0) is 14.5. The van der Waals surface area contributed by atoms with Gasteiger partial charge in [0.2, 0.25) is 0 Å². The van der Waals surface area contributed by atoms with Gasteiger partial charge in [0.1, 0.15) is 10.7 Å². The summed E-state index contributed by atoms with van der Waals surface area (Å²) >= 11 is 1.39. The van der Waals surface area contributed by atoms with E-state index in [1.54, 1.807) is 19.4 Å². The molecule has 0 aromatic carbocycles. The van der Waals surface area contributed by atoms with Crippen LogP contribution in [0.3, 0.4) is 0 Å². The average Bonchev–Trinajstić information content (AvgIpc) is 2.84. The fourth-order valence-corrected chi connectivity index (χ4v) is 2.31. The third-order valence-electron chi connectivity index (χ3n) is 3.33. The van der Waals surface area contributed by atoms with E-state index in [-0.39, 0.29) is 18.4 Å². The Labute approximate surface area is 118 Å². The highest BCUT2D eigenvalue weighted by molar-refractivity contribution is 7.09. The van der Waals surface area contributed by atoms with Crippen molar-refractivity contribution in [1.82, 2.24) is 10.3 Å².